The van der Waals surface area contributed by atoms with Gasteiger partial charge in [-0.2, -0.15) is 5.10 Å². The largest absolute Gasteiger partial charge is 0.486 e. The lowest BCUT2D eigenvalue weighted by Crippen LogP contribution is -2.12. The molecular weight excluding hydrogens is 517 g/mol. The fourth-order valence-corrected chi connectivity index (χ4v) is 3.61. The molecule has 0 bridgehead atoms. The van der Waals surface area contributed by atoms with E-state index in [0.717, 1.165) is 5.56 Å². The molecule has 0 atom stereocenters. The van der Waals surface area contributed by atoms with Gasteiger partial charge in [0.1, 0.15) is 23.1 Å². The molecule has 11 heteroatoms. The highest BCUT2D eigenvalue weighted by Gasteiger charge is 2.16. The number of hydrogen-bond acceptors (Lipinski definition) is 6. The van der Waals surface area contributed by atoms with Crippen molar-refractivity contribution in [1.82, 2.24) is 9.78 Å². The Morgan fingerprint density at radius 2 is 1.77 bits per heavy atom. The number of carbonyl (C=O) groups is 2. The van der Waals surface area contributed by atoms with E-state index >= 15 is 0 Å². The summed E-state index contributed by atoms with van der Waals surface area (Å²) in [4.78, 5) is 24.1. The molecule has 8 nitrogen and oxygen atoms in total. The summed E-state index contributed by atoms with van der Waals surface area (Å²) < 4.78 is 17.4. The van der Waals surface area contributed by atoms with Gasteiger partial charge in [-0.1, -0.05) is 40.9 Å². The number of hydrogen-bond donors (Lipinski definition) is 1. The first-order chi connectivity index (χ1) is 16.8. The van der Waals surface area contributed by atoms with Crippen molar-refractivity contribution in [3.8, 4) is 5.75 Å². The highest BCUT2D eigenvalue weighted by molar-refractivity contribution is 6.42. The molecule has 0 fully saturated rings. The fraction of sp³-hybridized carbons (Fsp3) is 0.125. The average molecular weight is 535 g/mol. The number of anilines is 1. The third kappa shape index (κ3) is 6.16. The van der Waals surface area contributed by atoms with E-state index in [1.54, 1.807) is 53.3 Å². The van der Waals surface area contributed by atoms with Crippen molar-refractivity contribution in [2.75, 3.05) is 12.4 Å². The third-order valence-electron chi connectivity index (χ3n) is 4.82. The summed E-state index contributed by atoms with van der Waals surface area (Å²) in [6.07, 6.45) is 1.59. The first kappa shape index (κ1) is 24.7. The Labute approximate surface area is 215 Å². The van der Waals surface area contributed by atoms with Crippen molar-refractivity contribution in [3.05, 3.63) is 98.5 Å². The van der Waals surface area contributed by atoms with Crippen molar-refractivity contribution in [1.29, 1.82) is 0 Å². The predicted octanol–water partition coefficient (Wildman–Crippen LogP) is 6.10. The molecule has 2 aromatic carbocycles. The minimum atomic E-state index is -0.514. The summed E-state index contributed by atoms with van der Waals surface area (Å²) in [5, 5.41) is 8.11. The van der Waals surface area contributed by atoms with Gasteiger partial charge in [0.25, 0.3) is 5.91 Å². The van der Waals surface area contributed by atoms with Crippen molar-refractivity contribution in [2.24, 2.45) is 0 Å². The summed E-state index contributed by atoms with van der Waals surface area (Å²) in [7, 11) is 1.31. The van der Waals surface area contributed by atoms with Gasteiger partial charge in [-0.25, -0.2) is 4.79 Å². The van der Waals surface area contributed by atoms with Crippen LogP contribution in [0.5, 0.6) is 5.75 Å². The maximum atomic E-state index is 12.6. The van der Waals surface area contributed by atoms with E-state index in [0.29, 0.717) is 33.7 Å². The summed E-state index contributed by atoms with van der Waals surface area (Å²) in [6, 6.07) is 14.9. The van der Waals surface area contributed by atoms with E-state index in [9.17, 15) is 9.59 Å². The number of rotatable bonds is 8. The molecule has 1 N–H and O–H groups in total. The van der Waals surface area contributed by atoms with Gasteiger partial charge in [-0.15, -0.1) is 0 Å². The lowest BCUT2D eigenvalue weighted by Gasteiger charge is -2.05. The van der Waals surface area contributed by atoms with E-state index in [-0.39, 0.29) is 23.2 Å². The zero-order chi connectivity index (χ0) is 24.9. The standard InChI is InChI=1S/C24H18Cl3N3O5/c1-33-24(32)15-3-5-16(6-4-15)34-13-17-7-9-21(35-17)23(31)28-22-20(27)12-30(29-22)11-14-2-8-18(25)19(26)10-14/h2-10,12H,11,13H2,1H3,(H,28,29,31). The number of carbonyl (C=O) groups excluding carboxylic acids is 2. The van der Waals surface area contributed by atoms with Gasteiger partial charge in [0, 0.05) is 6.20 Å². The van der Waals surface area contributed by atoms with Gasteiger partial charge in [0.15, 0.2) is 11.6 Å². The number of aromatic nitrogens is 2. The van der Waals surface area contributed by atoms with Crippen molar-refractivity contribution >= 4 is 52.5 Å². The van der Waals surface area contributed by atoms with Crippen LogP contribution in [0.25, 0.3) is 0 Å². The minimum Gasteiger partial charge on any atom is -0.486 e. The Bertz CT molecular complexity index is 1370. The van der Waals surface area contributed by atoms with E-state index in [2.05, 4.69) is 15.2 Å². The lowest BCUT2D eigenvalue weighted by molar-refractivity contribution is 0.0600. The molecule has 4 rings (SSSR count). The molecule has 35 heavy (non-hydrogen) atoms. The summed E-state index contributed by atoms with van der Waals surface area (Å²) in [6.45, 7) is 0.471. The van der Waals surface area contributed by atoms with Crippen LogP contribution in [0, 0.1) is 0 Å². The monoisotopic (exact) mass is 533 g/mol. The maximum Gasteiger partial charge on any atom is 0.337 e. The van der Waals surface area contributed by atoms with E-state index in [1.165, 1.54) is 13.2 Å². The number of methoxy groups -OCH3 is 1. The fourth-order valence-electron chi connectivity index (χ4n) is 3.09. The number of amides is 1. The molecule has 0 saturated carbocycles. The third-order valence-corrected chi connectivity index (χ3v) is 5.84. The summed E-state index contributed by atoms with van der Waals surface area (Å²) in [5.74, 6) is 0.275. The van der Waals surface area contributed by atoms with Crippen molar-refractivity contribution < 1.29 is 23.5 Å². The maximum absolute atomic E-state index is 12.6. The number of ether oxygens (including phenoxy) is 2. The lowest BCUT2D eigenvalue weighted by atomic mass is 10.2. The highest BCUT2D eigenvalue weighted by atomic mass is 35.5. The SMILES string of the molecule is COC(=O)c1ccc(OCc2ccc(C(=O)Nc3nn(Cc4ccc(Cl)c(Cl)c4)cc3Cl)o2)cc1. The number of furan rings is 1. The molecule has 4 aromatic rings. The normalized spacial score (nSPS) is 10.7. The van der Waals surface area contributed by atoms with Crippen molar-refractivity contribution in [3.63, 3.8) is 0 Å². The molecule has 0 radical (unpaired) electrons. The van der Waals surface area contributed by atoms with Crippen LogP contribution in [0.1, 0.15) is 32.2 Å². The molecule has 1 amide bonds. The number of benzene rings is 2. The molecular formula is C24H18Cl3N3O5. The van der Waals surface area contributed by atoms with E-state index in [4.69, 9.17) is 44.0 Å². The number of nitrogens with zero attached hydrogens (tertiary/aromatic N) is 2. The second-order valence-corrected chi connectivity index (χ2v) is 8.52. The van der Waals surface area contributed by atoms with Crippen LogP contribution in [0.2, 0.25) is 15.1 Å². The molecule has 2 heterocycles. The van der Waals surface area contributed by atoms with Crippen LogP contribution < -0.4 is 10.1 Å². The van der Waals surface area contributed by atoms with Crippen LogP contribution in [0.15, 0.2) is 65.2 Å². The van der Waals surface area contributed by atoms with Gasteiger partial charge in [-0.05, 0) is 54.1 Å². The number of esters is 1. The Kier molecular flexibility index (Phi) is 7.65. The van der Waals surface area contributed by atoms with Gasteiger partial charge in [0.2, 0.25) is 0 Å². The Morgan fingerprint density at radius 3 is 2.49 bits per heavy atom. The summed E-state index contributed by atoms with van der Waals surface area (Å²) in [5.41, 5.74) is 1.28. The molecule has 0 unspecified atom stereocenters. The topological polar surface area (TPSA) is 95.6 Å². The van der Waals surface area contributed by atoms with Gasteiger partial charge in [0.05, 0.1) is 29.3 Å². The zero-order valence-corrected chi connectivity index (χ0v) is 20.5. The summed E-state index contributed by atoms with van der Waals surface area (Å²) >= 11 is 18.2. The smallest absolute Gasteiger partial charge is 0.337 e. The highest BCUT2D eigenvalue weighted by Crippen LogP contribution is 2.25. The van der Waals surface area contributed by atoms with Gasteiger partial charge in [-0.3, -0.25) is 9.48 Å². The minimum absolute atomic E-state index is 0.0692. The Morgan fingerprint density at radius 1 is 1.00 bits per heavy atom. The molecule has 0 aliphatic carbocycles. The Hall–Kier alpha value is -3.46. The molecule has 0 spiro atoms. The Balaban J connectivity index is 1.34. The van der Waals surface area contributed by atoms with Gasteiger partial charge < -0.3 is 19.2 Å². The first-order valence-corrected chi connectivity index (χ1v) is 11.3. The number of nitrogens with one attached hydrogen (secondary N) is 1. The first-order valence-electron chi connectivity index (χ1n) is 10.2. The molecule has 0 aliphatic heterocycles. The number of halogens is 3. The molecule has 0 saturated heterocycles. The quantitative estimate of drug-likeness (QED) is 0.274. The van der Waals surface area contributed by atoms with E-state index in [1.807, 2.05) is 6.07 Å². The van der Waals surface area contributed by atoms with Crippen LogP contribution in [0.4, 0.5) is 5.82 Å². The zero-order valence-electron chi connectivity index (χ0n) is 18.3. The molecule has 0 aliphatic rings. The molecule has 180 valence electrons. The second kappa shape index (κ2) is 10.9. The van der Waals surface area contributed by atoms with Crippen LogP contribution in [0.3, 0.4) is 0 Å². The van der Waals surface area contributed by atoms with Crippen molar-refractivity contribution in [2.45, 2.75) is 13.2 Å². The van der Waals surface area contributed by atoms with Crippen LogP contribution in [-0.4, -0.2) is 28.8 Å². The van der Waals surface area contributed by atoms with Gasteiger partial charge >= 0.3 is 5.97 Å². The average Bonchev–Trinajstić information content (AvgIpc) is 3.46. The molecule has 2 aromatic heterocycles. The van der Waals surface area contributed by atoms with E-state index < -0.39 is 11.9 Å². The van der Waals surface area contributed by atoms with Crippen LogP contribution in [-0.2, 0) is 17.9 Å². The second-order valence-electron chi connectivity index (χ2n) is 7.30. The van der Waals surface area contributed by atoms with Crippen LogP contribution >= 0.6 is 34.8 Å². The predicted molar refractivity (Wildman–Crippen MR) is 132 cm³/mol.